The standard InChI is InChI=1S/C12H14N4O4S/c1-7-9(6-14-16-7)12(17)15-8-3-4-11(21(13,18)19)10(5-8)20-2/h3-6H,1-2H3,(H,14,16)(H,15,17)(H2,13,18,19). The summed E-state index contributed by atoms with van der Waals surface area (Å²) in [4.78, 5) is 11.9. The Bertz CT molecular complexity index is 782. The van der Waals surface area contributed by atoms with Gasteiger partial charge < -0.3 is 10.1 Å². The molecule has 0 saturated carbocycles. The van der Waals surface area contributed by atoms with Crippen LogP contribution in [-0.4, -0.2) is 31.6 Å². The van der Waals surface area contributed by atoms with Crippen LogP contribution in [0.25, 0.3) is 0 Å². The first-order valence-electron chi connectivity index (χ1n) is 5.85. The first-order valence-corrected chi connectivity index (χ1v) is 7.39. The molecule has 4 N–H and O–H groups in total. The first-order chi connectivity index (χ1) is 9.82. The molecule has 0 bridgehead atoms. The fraction of sp³-hybridized carbons (Fsp3) is 0.167. The number of nitrogens with zero attached hydrogens (tertiary/aromatic N) is 1. The van der Waals surface area contributed by atoms with Crippen molar-refractivity contribution in [2.75, 3.05) is 12.4 Å². The van der Waals surface area contributed by atoms with Crippen LogP contribution < -0.4 is 15.2 Å². The average molecular weight is 310 g/mol. The van der Waals surface area contributed by atoms with Crippen molar-refractivity contribution in [3.05, 3.63) is 35.7 Å². The number of benzene rings is 1. The first kappa shape index (κ1) is 15.0. The molecule has 0 fully saturated rings. The Morgan fingerprint density at radius 2 is 2.14 bits per heavy atom. The van der Waals surface area contributed by atoms with Gasteiger partial charge in [-0.15, -0.1) is 0 Å². The Balaban J connectivity index is 2.30. The van der Waals surface area contributed by atoms with Crippen LogP contribution in [0.3, 0.4) is 0 Å². The average Bonchev–Trinajstić information content (AvgIpc) is 2.83. The zero-order valence-corrected chi connectivity index (χ0v) is 12.2. The van der Waals surface area contributed by atoms with E-state index in [4.69, 9.17) is 9.88 Å². The largest absolute Gasteiger partial charge is 0.495 e. The molecule has 2 aromatic rings. The van der Waals surface area contributed by atoms with E-state index in [9.17, 15) is 13.2 Å². The van der Waals surface area contributed by atoms with E-state index >= 15 is 0 Å². The number of aromatic amines is 1. The number of hydrogen-bond acceptors (Lipinski definition) is 5. The van der Waals surface area contributed by atoms with Gasteiger partial charge >= 0.3 is 0 Å². The third-order valence-electron chi connectivity index (χ3n) is 2.80. The number of rotatable bonds is 4. The van der Waals surface area contributed by atoms with Crippen LogP contribution in [0, 0.1) is 6.92 Å². The van der Waals surface area contributed by atoms with Crippen molar-refractivity contribution in [2.24, 2.45) is 5.14 Å². The van der Waals surface area contributed by atoms with Gasteiger partial charge in [-0.1, -0.05) is 0 Å². The number of ether oxygens (including phenoxy) is 1. The number of amides is 1. The van der Waals surface area contributed by atoms with Gasteiger partial charge in [0.15, 0.2) is 0 Å². The highest BCUT2D eigenvalue weighted by molar-refractivity contribution is 7.89. The molecule has 0 aliphatic carbocycles. The molecule has 1 aromatic heterocycles. The molecule has 21 heavy (non-hydrogen) atoms. The van der Waals surface area contributed by atoms with Crippen LogP contribution in [0.2, 0.25) is 0 Å². The second kappa shape index (κ2) is 5.54. The Hall–Kier alpha value is -2.39. The van der Waals surface area contributed by atoms with Crippen LogP contribution in [-0.2, 0) is 10.0 Å². The monoisotopic (exact) mass is 310 g/mol. The number of nitrogens with one attached hydrogen (secondary N) is 2. The topological polar surface area (TPSA) is 127 Å². The fourth-order valence-corrected chi connectivity index (χ4v) is 2.44. The molecule has 1 aromatic carbocycles. The van der Waals surface area contributed by atoms with Gasteiger partial charge in [-0.3, -0.25) is 9.89 Å². The summed E-state index contributed by atoms with van der Waals surface area (Å²) >= 11 is 0. The van der Waals surface area contributed by atoms with E-state index in [2.05, 4.69) is 15.5 Å². The van der Waals surface area contributed by atoms with Crippen molar-refractivity contribution in [3.63, 3.8) is 0 Å². The Labute approximate surface area is 121 Å². The van der Waals surface area contributed by atoms with Gasteiger partial charge in [0.25, 0.3) is 5.91 Å². The molecule has 1 heterocycles. The molecule has 0 saturated heterocycles. The SMILES string of the molecule is COc1cc(NC(=O)c2cn[nH]c2C)ccc1S(N)(=O)=O. The lowest BCUT2D eigenvalue weighted by Gasteiger charge is -2.10. The van der Waals surface area contributed by atoms with Crippen molar-refractivity contribution in [3.8, 4) is 5.75 Å². The lowest BCUT2D eigenvalue weighted by molar-refractivity contribution is 0.102. The molecule has 0 aliphatic heterocycles. The number of primary sulfonamides is 1. The lowest BCUT2D eigenvalue weighted by atomic mass is 10.2. The minimum atomic E-state index is -3.89. The van der Waals surface area contributed by atoms with Crippen LogP contribution >= 0.6 is 0 Å². The zero-order valence-electron chi connectivity index (χ0n) is 11.4. The van der Waals surface area contributed by atoms with E-state index in [0.29, 0.717) is 16.9 Å². The molecule has 112 valence electrons. The van der Waals surface area contributed by atoms with Crippen molar-refractivity contribution in [2.45, 2.75) is 11.8 Å². The fourth-order valence-electron chi connectivity index (χ4n) is 1.76. The van der Waals surface area contributed by atoms with E-state index in [1.165, 1.54) is 31.5 Å². The van der Waals surface area contributed by atoms with Crippen LogP contribution in [0.5, 0.6) is 5.75 Å². The predicted molar refractivity (Wildman–Crippen MR) is 75.6 cm³/mol. The van der Waals surface area contributed by atoms with E-state index in [-0.39, 0.29) is 16.6 Å². The molecule has 0 spiro atoms. The molecule has 1 amide bonds. The Morgan fingerprint density at radius 3 is 2.67 bits per heavy atom. The summed E-state index contributed by atoms with van der Waals surface area (Å²) in [5, 5.41) is 14.1. The molecule has 0 atom stereocenters. The highest BCUT2D eigenvalue weighted by atomic mass is 32.2. The van der Waals surface area contributed by atoms with Crippen LogP contribution in [0.15, 0.2) is 29.3 Å². The normalized spacial score (nSPS) is 11.2. The van der Waals surface area contributed by atoms with Gasteiger partial charge in [-0.05, 0) is 19.1 Å². The molecule has 8 nitrogen and oxygen atoms in total. The van der Waals surface area contributed by atoms with Gasteiger partial charge in [0.05, 0.1) is 18.9 Å². The molecule has 0 radical (unpaired) electrons. The summed E-state index contributed by atoms with van der Waals surface area (Å²) in [6.45, 7) is 1.71. The number of aryl methyl sites for hydroxylation is 1. The third kappa shape index (κ3) is 3.20. The van der Waals surface area contributed by atoms with E-state index < -0.39 is 10.0 Å². The number of anilines is 1. The number of sulfonamides is 1. The summed E-state index contributed by atoms with van der Waals surface area (Å²) in [6, 6.07) is 4.08. The number of carbonyl (C=O) groups is 1. The van der Waals surface area contributed by atoms with Gasteiger partial charge in [-0.25, -0.2) is 13.6 Å². The van der Waals surface area contributed by atoms with Gasteiger partial charge in [0.1, 0.15) is 10.6 Å². The molecule has 2 rings (SSSR count). The number of carbonyl (C=O) groups excluding carboxylic acids is 1. The summed E-state index contributed by atoms with van der Waals surface area (Å²) < 4.78 is 27.7. The predicted octanol–water partition coefficient (Wildman–Crippen LogP) is 0.626. The van der Waals surface area contributed by atoms with Crippen LogP contribution in [0.1, 0.15) is 16.1 Å². The maximum Gasteiger partial charge on any atom is 0.259 e. The molecular formula is C12H14N4O4S. The summed E-state index contributed by atoms with van der Waals surface area (Å²) in [6.07, 6.45) is 1.40. The summed E-state index contributed by atoms with van der Waals surface area (Å²) in [5.41, 5.74) is 1.40. The molecule has 0 unspecified atom stereocenters. The molecular weight excluding hydrogens is 296 g/mol. The number of nitrogens with two attached hydrogens (primary N) is 1. The number of methoxy groups -OCH3 is 1. The minimum absolute atomic E-state index is 0.0548. The zero-order chi connectivity index (χ0) is 15.6. The third-order valence-corrected chi connectivity index (χ3v) is 3.75. The molecule has 9 heteroatoms. The molecule has 0 aliphatic rings. The Morgan fingerprint density at radius 1 is 1.43 bits per heavy atom. The summed E-state index contributed by atoms with van der Waals surface area (Å²) in [5.74, 6) is -0.314. The van der Waals surface area contributed by atoms with Crippen molar-refractivity contribution in [1.29, 1.82) is 0 Å². The lowest BCUT2D eigenvalue weighted by Crippen LogP contribution is -2.15. The van der Waals surface area contributed by atoms with E-state index in [1.807, 2.05) is 0 Å². The number of H-pyrrole nitrogens is 1. The van der Waals surface area contributed by atoms with Crippen molar-refractivity contribution < 1.29 is 17.9 Å². The number of aromatic nitrogens is 2. The van der Waals surface area contributed by atoms with Crippen LogP contribution in [0.4, 0.5) is 5.69 Å². The van der Waals surface area contributed by atoms with Gasteiger partial charge in [0.2, 0.25) is 10.0 Å². The number of hydrogen-bond donors (Lipinski definition) is 3. The van der Waals surface area contributed by atoms with Gasteiger partial charge in [-0.2, -0.15) is 5.10 Å². The minimum Gasteiger partial charge on any atom is -0.495 e. The second-order valence-electron chi connectivity index (χ2n) is 4.27. The quantitative estimate of drug-likeness (QED) is 0.763. The highest BCUT2D eigenvalue weighted by Crippen LogP contribution is 2.26. The maximum absolute atomic E-state index is 12.0. The second-order valence-corrected chi connectivity index (χ2v) is 5.80. The summed E-state index contributed by atoms with van der Waals surface area (Å²) in [7, 11) is -2.58. The Kier molecular flexibility index (Phi) is 3.96. The van der Waals surface area contributed by atoms with Crippen molar-refractivity contribution >= 4 is 21.6 Å². The van der Waals surface area contributed by atoms with E-state index in [0.717, 1.165) is 0 Å². The van der Waals surface area contributed by atoms with Gasteiger partial charge in [0, 0.05) is 17.4 Å². The maximum atomic E-state index is 12.0. The van der Waals surface area contributed by atoms with Crippen molar-refractivity contribution in [1.82, 2.24) is 10.2 Å². The smallest absolute Gasteiger partial charge is 0.259 e. The van der Waals surface area contributed by atoms with E-state index in [1.54, 1.807) is 6.92 Å². The highest BCUT2D eigenvalue weighted by Gasteiger charge is 2.17.